The van der Waals surface area contributed by atoms with Crippen LogP contribution in [-0.2, 0) is 20.9 Å². The molecule has 0 bridgehead atoms. The van der Waals surface area contributed by atoms with Gasteiger partial charge < -0.3 is 9.47 Å². The lowest BCUT2D eigenvalue weighted by Crippen LogP contribution is -2.12. The van der Waals surface area contributed by atoms with Crippen molar-refractivity contribution in [1.82, 2.24) is 0 Å². The Hall–Kier alpha value is -2.36. The van der Waals surface area contributed by atoms with Crippen molar-refractivity contribution >= 4 is 11.9 Å². The number of carbonyl (C=O) groups is 1. The zero-order chi connectivity index (χ0) is 16.8. The van der Waals surface area contributed by atoms with Gasteiger partial charge >= 0.3 is 5.97 Å². The highest BCUT2D eigenvalue weighted by Crippen LogP contribution is 2.21. The van der Waals surface area contributed by atoms with Crippen molar-refractivity contribution < 1.29 is 14.3 Å². The second-order valence-corrected chi connectivity index (χ2v) is 5.87. The SMILES string of the molecule is C=C1CCO/C1=N/C(C(=O)OCc1ccccc1)=C(\C)C(C)C. The molecule has 0 atom stereocenters. The van der Waals surface area contributed by atoms with Crippen molar-refractivity contribution in [3.8, 4) is 0 Å². The Kier molecular flexibility index (Phi) is 5.74. The van der Waals surface area contributed by atoms with E-state index in [0.717, 1.165) is 23.1 Å². The lowest BCUT2D eigenvalue weighted by molar-refractivity contribution is -0.140. The van der Waals surface area contributed by atoms with Crippen LogP contribution in [-0.4, -0.2) is 18.5 Å². The molecule has 1 aromatic rings. The highest BCUT2D eigenvalue weighted by Gasteiger charge is 2.21. The molecule has 0 aromatic heterocycles. The van der Waals surface area contributed by atoms with Crippen LogP contribution in [0.15, 0.2) is 58.7 Å². The van der Waals surface area contributed by atoms with E-state index in [0.29, 0.717) is 18.2 Å². The first-order valence-electron chi connectivity index (χ1n) is 7.80. The minimum absolute atomic E-state index is 0.188. The molecule has 0 amide bonds. The number of hydrogen-bond acceptors (Lipinski definition) is 4. The van der Waals surface area contributed by atoms with Crippen molar-refractivity contribution in [1.29, 1.82) is 0 Å². The van der Waals surface area contributed by atoms with Crippen LogP contribution in [0, 0.1) is 5.92 Å². The largest absolute Gasteiger partial charge is 0.477 e. The fourth-order valence-corrected chi connectivity index (χ4v) is 2.05. The van der Waals surface area contributed by atoms with E-state index < -0.39 is 5.97 Å². The molecule has 2 rings (SSSR count). The molecule has 0 spiro atoms. The van der Waals surface area contributed by atoms with Gasteiger partial charge in [0.1, 0.15) is 6.61 Å². The lowest BCUT2D eigenvalue weighted by atomic mass is 10.0. The third kappa shape index (κ3) is 4.55. The van der Waals surface area contributed by atoms with Crippen LogP contribution < -0.4 is 0 Å². The van der Waals surface area contributed by atoms with E-state index in [2.05, 4.69) is 11.6 Å². The van der Waals surface area contributed by atoms with E-state index in [1.165, 1.54) is 0 Å². The third-order valence-electron chi connectivity index (χ3n) is 3.80. The minimum Gasteiger partial charge on any atom is -0.477 e. The number of esters is 1. The lowest BCUT2D eigenvalue weighted by Gasteiger charge is -2.12. The number of allylic oxidation sites excluding steroid dienone is 1. The highest BCUT2D eigenvalue weighted by atomic mass is 16.5. The first-order chi connectivity index (χ1) is 11.0. The first-order valence-corrected chi connectivity index (χ1v) is 7.80. The maximum absolute atomic E-state index is 12.5. The Bertz CT molecular complexity index is 642. The summed E-state index contributed by atoms with van der Waals surface area (Å²) in [5.41, 5.74) is 2.94. The van der Waals surface area contributed by atoms with E-state index in [-0.39, 0.29) is 12.5 Å². The van der Waals surface area contributed by atoms with E-state index in [1.54, 1.807) is 0 Å². The average molecular weight is 313 g/mol. The van der Waals surface area contributed by atoms with Crippen molar-refractivity contribution in [2.75, 3.05) is 6.61 Å². The summed E-state index contributed by atoms with van der Waals surface area (Å²) in [7, 11) is 0. The van der Waals surface area contributed by atoms with Crippen molar-refractivity contribution in [3.05, 3.63) is 59.3 Å². The summed E-state index contributed by atoms with van der Waals surface area (Å²) >= 11 is 0. The second kappa shape index (κ2) is 7.77. The molecule has 0 N–H and O–H groups in total. The summed E-state index contributed by atoms with van der Waals surface area (Å²) in [6.07, 6.45) is 0.742. The minimum atomic E-state index is -0.434. The van der Waals surface area contributed by atoms with Gasteiger partial charge in [0.25, 0.3) is 0 Å². The topological polar surface area (TPSA) is 47.9 Å². The normalized spacial score (nSPS) is 17.2. The van der Waals surface area contributed by atoms with Gasteiger partial charge in [-0.2, -0.15) is 0 Å². The molecule has 1 aliphatic heterocycles. The standard InChI is InChI=1S/C19H23NO3/c1-13(2)15(4)17(20-18-14(3)10-11-22-18)19(21)23-12-16-8-6-5-7-9-16/h5-9,13H,3,10-12H2,1-2,4H3/b17-15+,20-18+. The van der Waals surface area contributed by atoms with Gasteiger partial charge in [0.15, 0.2) is 5.70 Å². The Morgan fingerprint density at radius 3 is 2.61 bits per heavy atom. The number of ether oxygens (including phenoxy) is 2. The molecule has 0 saturated carbocycles. The van der Waals surface area contributed by atoms with Crippen LogP contribution in [0.1, 0.15) is 32.8 Å². The van der Waals surface area contributed by atoms with Crippen LogP contribution in [0.4, 0.5) is 0 Å². The van der Waals surface area contributed by atoms with Crippen LogP contribution in [0.25, 0.3) is 0 Å². The van der Waals surface area contributed by atoms with Crippen LogP contribution >= 0.6 is 0 Å². The molecule has 1 saturated heterocycles. The molecule has 0 aliphatic carbocycles. The smallest absolute Gasteiger partial charge is 0.357 e. The third-order valence-corrected chi connectivity index (χ3v) is 3.80. The summed E-state index contributed by atoms with van der Waals surface area (Å²) in [5, 5.41) is 0. The fraction of sp³-hybridized carbons (Fsp3) is 0.368. The molecule has 1 fully saturated rings. The molecule has 4 nitrogen and oxygen atoms in total. The quantitative estimate of drug-likeness (QED) is 0.609. The van der Waals surface area contributed by atoms with Gasteiger partial charge in [-0.25, -0.2) is 9.79 Å². The Balaban J connectivity index is 2.19. The predicted octanol–water partition coefficient (Wildman–Crippen LogP) is 4.03. The molecule has 23 heavy (non-hydrogen) atoms. The van der Waals surface area contributed by atoms with E-state index in [4.69, 9.17) is 9.47 Å². The number of carbonyl (C=O) groups excluding carboxylic acids is 1. The van der Waals surface area contributed by atoms with Gasteiger partial charge in [-0.05, 0) is 24.0 Å². The monoisotopic (exact) mass is 313 g/mol. The fourth-order valence-electron chi connectivity index (χ4n) is 2.05. The first kappa shape index (κ1) is 17.0. The summed E-state index contributed by atoms with van der Waals surface area (Å²) < 4.78 is 10.9. The summed E-state index contributed by atoms with van der Waals surface area (Å²) in [6, 6.07) is 9.58. The molecule has 1 heterocycles. The Morgan fingerprint density at radius 2 is 2.04 bits per heavy atom. The van der Waals surface area contributed by atoms with Gasteiger partial charge in [0.2, 0.25) is 5.90 Å². The molecule has 1 aromatic carbocycles. The number of rotatable bonds is 5. The Labute approximate surface area is 137 Å². The zero-order valence-corrected chi connectivity index (χ0v) is 14.0. The number of benzene rings is 1. The maximum Gasteiger partial charge on any atom is 0.357 e. The Morgan fingerprint density at radius 1 is 1.35 bits per heavy atom. The van der Waals surface area contributed by atoms with Gasteiger partial charge in [-0.1, -0.05) is 50.8 Å². The van der Waals surface area contributed by atoms with Gasteiger partial charge in [-0.3, -0.25) is 0 Å². The second-order valence-electron chi connectivity index (χ2n) is 5.87. The van der Waals surface area contributed by atoms with Crippen molar-refractivity contribution in [2.24, 2.45) is 10.9 Å². The van der Waals surface area contributed by atoms with Gasteiger partial charge in [0, 0.05) is 12.0 Å². The van der Waals surface area contributed by atoms with E-state index in [9.17, 15) is 4.79 Å². The van der Waals surface area contributed by atoms with E-state index >= 15 is 0 Å². The molecular weight excluding hydrogens is 290 g/mol. The van der Waals surface area contributed by atoms with Gasteiger partial charge in [-0.15, -0.1) is 0 Å². The average Bonchev–Trinajstić information content (AvgIpc) is 2.95. The predicted molar refractivity (Wildman–Crippen MR) is 90.9 cm³/mol. The molecule has 4 heteroatoms. The summed E-state index contributed by atoms with van der Waals surface area (Å²) in [6.45, 7) is 10.6. The molecule has 1 aliphatic rings. The maximum atomic E-state index is 12.5. The van der Waals surface area contributed by atoms with Crippen molar-refractivity contribution in [2.45, 2.75) is 33.8 Å². The van der Waals surface area contributed by atoms with Crippen LogP contribution in [0.3, 0.4) is 0 Å². The summed E-state index contributed by atoms with van der Waals surface area (Å²) in [4.78, 5) is 16.9. The molecule has 0 unspecified atom stereocenters. The zero-order valence-electron chi connectivity index (χ0n) is 14.0. The number of nitrogens with zero attached hydrogens (tertiary/aromatic N) is 1. The number of aliphatic imine (C=N–C) groups is 1. The van der Waals surface area contributed by atoms with Gasteiger partial charge in [0.05, 0.1) is 6.61 Å². The van der Waals surface area contributed by atoms with Crippen LogP contribution in [0.2, 0.25) is 0 Å². The van der Waals surface area contributed by atoms with E-state index in [1.807, 2.05) is 51.1 Å². The van der Waals surface area contributed by atoms with Crippen LogP contribution in [0.5, 0.6) is 0 Å². The summed E-state index contributed by atoms with van der Waals surface area (Å²) in [5.74, 6) is 0.195. The highest BCUT2D eigenvalue weighted by molar-refractivity contribution is 5.99. The molecule has 122 valence electrons. The molecule has 0 radical (unpaired) electrons. The van der Waals surface area contributed by atoms with Crippen molar-refractivity contribution in [3.63, 3.8) is 0 Å². The molecular formula is C19H23NO3. The number of hydrogen-bond donors (Lipinski definition) is 0.